The molecule has 0 saturated carbocycles. The second-order valence-corrected chi connectivity index (χ2v) is 7.21. The molecule has 2 fully saturated rings. The molecule has 2 aliphatic rings. The topological polar surface area (TPSA) is 58.1 Å². The molecule has 0 unspecified atom stereocenters. The highest BCUT2D eigenvalue weighted by Gasteiger charge is 2.40. The van der Waals surface area contributed by atoms with E-state index in [1.54, 1.807) is 11.3 Å². The first-order valence-corrected chi connectivity index (χ1v) is 8.75. The van der Waals surface area contributed by atoms with Crippen molar-refractivity contribution in [3.05, 3.63) is 16.1 Å². The van der Waals surface area contributed by atoms with Crippen molar-refractivity contribution in [1.29, 1.82) is 0 Å². The van der Waals surface area contributed by atoms with Crippen LogP contribution in [0.5, 0.6) is 0 Å². The van der Waals surface area contributed by atoms with Crippen LogP contribution in [0, 0.1) is 6.92 Å². The van der Waals surface area contributed by atoms with E-state index in [4.69, 9.17) is 9.47 Å². The first-order valence-electron chi connectivity index (χ1n) is 7.87. The van der Waals surface area contributed by atoms with Crippen LogP contribution in [0.3, 0.4) is 0 Å². The van der Waals surface area contributed by atoms with Gasteiger partial charge in [-0.05, 0) is 6.92 Å². The number of aryl methyl sites for hydroxylation is 1. The number of hydrogen-bond acceptors (Lipinski definition) is 7. The highest BCUT2D eigenvalue weighted by atomic mass is 32.1. The van der Waals surface area contributed by atoms with Gasteiger partial charge >= 0.3 is 0 Å². The van der Waals surface area contributed by atoms with E-state index in [9.17, 15) is 5.11 Å². The second kappa shape index (κ2) is 7.33. The van der Waals surface area contributed by atoms with Crippen molar-refractivity contribution >= 4 is 11.3 Å². The third-order valence-corrected chi connectivity index (χ3v) is 5.05. The summed E-state index contributed by atoms with van der Waals surface area (Å²) in [6.45, 7) is 9.30. The molecule has 2 aliphatic heterocycles. The molecule has 6 nitrogen and oxygen atoms in total. The third-order valence-electron chi connectivity index (χ3n) is 4.22. The summed E-state index contributed by atoms with van der Waals surface area (Å²) in [5.74, 6) is 0. The van der Waals surface area contributed by atoms with Gasteiger partial charge in [-0.3, -0.25) is 9.80 Å². The Morgan fingerprint density at radius 3 is 2.91 bits per heavy atom. The second-order valence-electron chi connectivity index (χ2n) is 6.15. The van der Waals surface area contributed by atoms with Gasteiger partial charge in [0.15, 0.2) is 0 Å². The zero-order valence-electron chi connectivity index (χ0n) is 13.2. The zero-order valence-corrected chi connectivity index (χ0v) is 14.0. The van der Waals surface area contributed by atoms with Crippen molar-refractivity contribution in [2.45, 2.75) is 19.1 Å². The van der Waals surface area contributed by atoms with Crippen LogP contribution >= 0.6 is 11.3 Å². The molecule has 2 saturated heterocycles. The average Bonchev–Trinajstić information content (AvgIpc) is 2.79. The Kier molecular flexibility index (Phi) is 5.43. The largest absolute Gasteiger partial charge is 0.395 e. The normalized spacial score (nSPS) is 28.1. The van der Waals surface area contributed by atoms with Crippen LogP contribution in [0.4, 0.5) is 0 Å². The van der Waals surface area contributed by atoms with E-state index in [2.05, 4.69) is 20.2 Å². The Bertz CT molecular complexity index is 482. The molecule has 1 spiro atoms. The minimum absolute atomic E-state index is 0.193. The van der Waals surface area contributed by atoms with Gasteiger partial charge in [-0.2, -0.15) is 0 Å². The Hall–Kier alpha value is -0.570. The standard InChI is InChI=1S/C15H25N3O3S/c1-13-16-14(9-22-13)8-18-3-6-20-12-15(11-18)10-17(2-5-19)4-7-21-15/h9,19H,2-8,10-12H2,1H3/t15-/m0/s1. The Morgan fingerprint density at radius 2 is 2.14 bits per heavy atom. The molecule has 124 valence electrons. The van der Waals surface area contributed by atoms with Crippen molar-refractivity contribution in [3.8, 4) is 0 Å². The summed E-state index contributed by atoms with van der Waals surface area (Å²) in [6.07, 6.45) is 0. The fourth-order valence-electron chi connectivity index (χ4n) is 3.27. The first-order chi connectivity index (χ1) is 10.7. The van der Waals surface area contributed by atoms with Crippen LogP contribution in [0.15, 0.2) is 5.38 Å². The molecule has 1 N–H and O–H groups in total. The molecule has 0 radical (unpaired) electrons. The monoisotopic (exact) mass is 327 g/mol. The predicted octanol–water partition coefficient (Wildman–Crippen LogP) is 0.347. The van der Waals surface area contributed by atoms with E-state index in [1.165, 1.54) is 0 Å². The maximum absolute atomic E-state index is 9.18. The summed E-state index contributed by atoms with van der Waals surface area (Å²) >= 11 is 1.70. The van der Waals surface area contributed by atoms with Gasteiger partial charge < -0.3 is 14.6 Å². The summed E-state index contributed by atoms with van der Waals surface area (Å²) < 4.78 is 11.9. The number of ether oxygens (including phenoxy) is 2. The molecule has 0 aliphatic carbocycles. The SMILES string of the molecule is Cc1nc(CN2CCOC[C@]3(CN(CCO)CCO3)C2)cs1. The Labute approximate surface area is 135 Å². The first kappa shape index (κ1) is 16.3. The molecule has 3 heterocycles. The summed E-state index contributed by atoms with van der Waals surface area (Å²) in [7, 11) is 0. The number of morpholine rings is 1. The highest BCUT2D eigenvalue weighted by Crippen LogP contribution is 2.23. The lowest BCUT2D eigenvalue weighted by atomic mass is 10.0. The quantitative estimate of drug-likeness (QED) is 0.861. The molecule has 22 heavy (non-hydrogen) atoms. The van der Waals surface area contributed by atoms with Crippen LogP contribution in [-0.4, -0.2) is 84.6 Å². The lowest BCUT2D eigenvalue weighted by Gasteiger charge is -2.43. The number of aliphatic hydroxyl groups is 1. The molecule has 0 amide bonds. The van der Waals surface area contributed by atoms with Crippen molar-refractivity contribution in [3.63, 3.8) is 0 Å². The molecule has 3 rings (SSSR count). The molecule has 1 aromatic rings. The van der Waals surface area contributed by atoms with Crippen molar-refractivity contribution in [2.24, 2.45) is 0 Å². The van der Waals surface area contributed by atoms with Gasteiger partial charge in [0.05, 0.1) is 37.1 Å². The van der Waals surface area contributed by atoms with Gasteiger partial charge in [-0.1, -0.05) is 0 Å². The number of rotatable bonds is 4. The Morgan fingerprint density at radius 1 is 1.32 bits per heavy atom. The minimum Gasteiger partial charge on any atom is -0.395 e. The molecule has 1 atom stereocenters. The van der Waals surface area contributed by atoms with Gasteiger partial charge in [-0.25, -0.2) is 4.98 Å². The molecule has 7 heteroatoms. The maximum atomic E-state index is 9.18. The molecule has 0 aromatic carbocycles. The molecule has 0 bridgehead atoms. The highest BCUT2D eigenvalue weighted by molar-refractivity contribution is 7.09. The Balaban J connectivity index is 1.66. The van der Waals surface area contributed by atoms with Crippen LogP contribution < -0.4 is 0 Å². The van der Waals surface area contributed by atoms with Crippen LogP contribution in [0.25, 0.3) is 0 Å². The van der Waals surface area contributed by atoms with Gasteiger partial charge in [-0.15, -0.1) is 11.3 Å². The van der Waals surface area contributed by atoms with Gasteiger partial charge in [0.2, 0.25) is 0 Å². The van der Waals surface area contributed by atoms with Crippen LogP contribution in [0.1, 0.15) is 10.7 Å². The molecular weight excluding hydrogens is 302 g/mol. The van der Waals surface area contributed by atoms with E-state index in [0.717, 1.165) is 50.0 Å². The van der Waals surface area contributed by atoms with Crippen molar-refractivity contribution in [2.75, 3.05) is 59.2 Å². The summed E-state index contributed by atoms with van der Waals surface area (Å²) in [4.78, 5) is 9.21. The number of nitrogens with zero attached hydrogens (tertiary/aromatic N) is 3. The fourth-order valence-corrected chi connectivity index (χ4v) is 3.87. The lowest BCUT2D eigenvalue weighted by molar-refractivity contribution is -0.143. The van der Waals surface area contributed by atoms with Crippen LogP contribution in [-0.2, 0) is 16.0 Å². The van der Waals surface area contributed by atoms with E-state index in [1.807, 2.05) is 6.92 Å². The smallest absolute Gasteiger partial charge is 0.117 e. The number of aliphatic hydroxyl groups excluding tert-OH is 1. The van der Waals surface area contributed by atoms with E-state index in [0.29, 0.717) is 19.8 Å². The third kappa shape index (κ3) is 4.04. The maximum Gasteiger partial charge on any atom is 0.117 e. The van der Waals surface area contributed by atoms with Gasteiger partial charge in [0.25, 0.3) is 0 Å². The van der Waals surface area contributed by atoms with Crippen molar-refractivity contribution in [1.82, 2.24) is 14.8 Å². The van der Waals surface area contributed by atoms with E-state index < -0.39 is 0 Å². The van der Waals surface area contributed by atoms with Crippen molar-refractivity contribution < 1.29 is 14.6 Å². The predicted molar refractivity (Wildman–Crippen MR) is 85.2 cm³/mol. The van der Waals surface area contributed by atoms with Gasteiger partial charge in [0, 0.05) is 44.6 Å². The van der Waals surface area contributed by atoms with Crippen LogP contribution in [0.2, 0.25) is 0 Å². The van der Waals surface area contributed by atoms with E-state index in [-0.39, 0.29) is 12.2 Å². The average molecular weight is 327 g/mol. The molecular formula is C15H25N3O3S. The fraction of sp³-hybridized carbons (Fsp3) is 0.800. The molecule has 1 aromatic heterocycles. The number of hydrogen-bond donors (Lipinski definition) is 1. The van der Waals surface area contributed by atoms with Gasteiger partial charge in [0.1, 0.15) is 5.60 Å². The summed E-state index contributed by atoms with van der Waals surface area (Å²) in [6, 6.07) is 0. The summed E-state index contributed by atoms with van der Waals surface area (Å²) in [5, 5.41) is 12.4. The minimum atomic E-state index is -0.283. The van der Waals surface area contributed by atoms with E-state index >= 15 is 0 Å². The zero-order chi connectivity index (χ0) is 15.4. The summed E-state index contributed by atoms with van der Waals surface area (Å²) in [5.41, 5.74) is 0.845. The lowest BCUT2D eigenvalue weighted by Crippen LogP contribution is -2.58. The number of thiazole rings is 1. The number of β-amino-alcohol motifs (C(OH)–C–C–N with tert-alkyl or cyclic N) is 1. The number of aromatic nitrogens is 1.